The van der Waals surface area contributed by atoms with Crippen molar-refractivity contribution in [2.45, 2.75) is 70.9 Å². The number of hydrogen-bond acceptors (Lipinski definition) is 5. The third kappa shape index (κ3) is 3.51. The highest BCUT2D eigenvalue weighted by Gasteiger charge is 2.34. The Balaban J connectivity index is 1.41. The lowest BCUT2D eigenvalue weighted by molar-refractivity contribution is -0.135. The average molecular weight is 438 g/mol. The number of benzene rings is 1. The summed E-state index contributed by atoms with van der Waals surface area (Å²) in [4.78, 5) is 18.7. The summed E-state index contributed by atoms with van der Waals surface area (Å²) in [6.45, 7) is 6.44. The molecule has 2 aliphatic heterocycles. The first kappa shape index (κ1) is 20.8. The van der Waals surface area contributed by atoms with Crippen molar-refractivity contribution in [3.8, 4) is 5.75 Å². The number of aryl methyl sites for hydroxylation is 1. The van der Waals surface area contributed by atoms with Crippen LogP contribution in [0, 0.1) is 5.82 Å². The summed E-state index contributed by atoms with van der Waals surface area (Å²) in [5, 5.41) is 8.53. The van der Waals surface area contributed by atoms with E-state index in [4.69, 9.17) is 9.72 Å². The van der Waals surface area contributed by atoms with Crippen molar-refractivity contribution in [3.05, 3.63) is 53.0 Å². The highest BCUT2D eigenvalue weighted by Crippen LogP contribution is 2.36. The highest BCUT2D eigenvalue weighted by atomic mass is 19.1. The van der Waals surface area contributed by atoms with E-state index in [2.05, 4.69) is 24.0 Å². The van der Waals surface area contributed by atoms with Crippen LogP contribution in [-0.4, -0.2) is 49.1 Å². The van der Waals surface area contributed by atoms with Gasteiger partial charge in [0.05, 0.1) is 6.61 Å². The maximum Gasteiger partial charge on any atom is 0.219 e. The first-order valence-electron chi connectivity index (χ1n) is 11.3. The number of halogens is 1. The van der Waals surface area contributed by atoms with Gasteiger partial charge in [0, 0.05) is 49.2 Å². The molecule has 0 aliphatic carbocycles. The lowest BCUT2D eigenvalue weighted by Gasteiger charge is -2.42. The van der Waals surface area contributed by atoms with Gasteiger partial charge in [-0.15, -0.1) is 10.2 Å². The molecule has 0 saturated carbocycles. The Labute approximate surface area is 186 Å². The molecule has 2 unspecified atom stereocenters. The molecule has 168 valence electrons. The van der Waals surface area contributed by atoms with Crippen LogP contribution >= 0.6 is 0 Å². The summed E-state index contributed by atoms with van der Waals surface area (Å²) in [7, 11) is 0. The number of fused-ring (bicyclic) bond motifs is 2. The second-order valence-corrected chi connectivity index (χ2v) is 9.05. The first-order chi connectivity index (χ1) is 15.4. The molecular formula is C24H28FN5O2. The molecule has 32 heavy (non-hydrogen) atoms. The van der Waals surface area contributed by atoms with Gasteiger partial charge in [-0.25, -0.2) is 9.37 Å². The lowest BCUT2D eigenvalue weighted by atomic mass is 9.83. The summed E-state index contributed by atoms with van der Waals surface area (Å²) in [6, 6.07) is 3.52. The summed E-state index contributed by atoms with van der Waals surface area (Å²) >= 11 is 0. The Morgan fingerprint density at radius 1 is 1.22 bits per heavy atom. The van der Waals surface area contributed by atoms with Crippen LogP contribution in [0.15, 0.2) is 24.7 Å². The van der Waals surface area contributed by atoms with Gasteiger partial charge in [0.25, 0.3) is 0 Å². The van der Waals surface area contributed by atoms with Crippen molar-refractivity contribution in [1.82, 2.24) is 24.5 Å². The van der Waals surface area contributed by atoms with Gasteiger partial charge in [0.15, 0.2) is 5.65 Å². The van der Waals surface area contributed by atoms with E-state index in [1.54, 1.807) is 19.3 Å². The van der Waals surface area contributed by atoms with E-state index in [-0.39, 0.29) is 29.7 Å². The Bertz CT molecular complexity index is 1160. The van der Waals surface area contributed by atoms with Gasteiger partial charge in [-0.05, 0) is 56.7 Å². The SMILES string of the molecule is CC(=O)N1C(C)CC(c2cnc(CCc3c(F)ccc4c3CCO4)n3cnnc23)CC1C. The molecule has 5 rings (SSSR count). The lowest BCUT2D eigenvalue weighted by Crippen LogP contribution is -2.48. The van der Waals surface area contributed by atoms with E-state index in [1.165, 1.54) is 6.07 Å². The molecule has 1 amide bonds. The van der Waals surface area contributed by atoms with Crippen molar-refractivity contribution < 1.29 is 13.9 Å². The number of carbonyl (C=O) groups excluding carboxylic acids is 1. The smallest absolute Gasteiger partial charge is 0.219 e. The van der Waals surface area contributed by atoms with Crippen molar-refractivity contribution in [3.63, 3.8) is 0 Å². The standard InChI is InChI=1S/C24H28FN5O2/c1-14-10-17(11-15(2)30(14)16(3)31)20-12-26-23(29-13-27-28-24(20)29)7-4-18-19-8-9-32-22(19)6-5-21(18)25/h5-6,12-15,17H,4,7-11H2,1-3H3. The van der Waals surface area contributed by atoms with Crippen molar-refractivity contribution in [2.24, 2.45) is 0 Å². The van der Waals surface area contributed by atoms with E-state index in [0.717, 1.165) is 47.6 Å². The van der Waals surface area contributed by atoms with E-state index in [9.17, 15) is 9.18 Å². The molecule has 0 N–H and O–H groups in total. The largest absolute Gasteiger partial charge is 0.493 e. The van der Waals surface area contributed by atoms with E-state index in [0.29, 0.717) is 25.0 Å². The van der Waals surface area contributed by atoms with E-state index in [1.807, 2.05) is 15.5 Å². The Kier molecular flexibility index (Phi) is 5.31. The van der Waals surface area contributed by atoms with Crippen LogP contribution in [0.2, 0.25) is 0 Å². The van der Waals surface area contributed by atoms with Gasteiger partial charge in [0.1, 0.15) is 23.7 Å². The van der Waals surface area contributed by atoms with Gasteiger partial charge in [-0.3, -0.25) is 9.20 Å². The van der Waals surface area contributed by atoms with Gasteiger partial charge >= 0.3 is 0 Å². The van der Waals surface area contributed by atoms with Crippen LogP contribution in [0.3, 0.4) is 0 Å². The van der Waals surface area contributed by atoms with Gasteiger partial charge in [-0.1, -0.05) is 0 Å². The van der Waals surface area contributed by atoms with Gasteiger partial charge in [0.2, 0.25) is 5.91 Å². The second-order valence-electron chi connectivity index (χ2n) is 9.05. The molecular weight excluding hydrogens is 409 g/mol. The summed E-state index contributed by atoms with van der Waals surface area (Å²) in [6.07, 6.45) is 7.20. The fourth-order valence-corrected chi connectivity index (χ4v) is 5.64. The number of likely N-dealkylation sites (tertiary alicyclic amines) is 1. The number of hydrogen-bond donors (Lipinski definition) is 0. The maximum absolute atomic E-state index is 14.5. The second kappa shape index (κ2) is 8.15. The zero-order valence-corrected chi connectivity index (χ0v) is 18.7. The van der Waals surface area contributed by atoms with Crippen molar-refractivity contribution in [2.75, 3.05) is 6.61 Å². The fourth-order valence-electron chi connectivity index (χ4n) is 5.64. The third-order valence-corrected chi connectivity index (χ3v) is 6.98. The van der Waals surface area contributed by atoms with Crippen LogP contribution in [0.1, 0.15) is 62.0 Å². The summed E-state index contributed by atoms with van der Waals surface area (Å²) in [5.41, 5.74) is 3.55. The zero-order valence-electron chi connectivity index (χ0n) is 18.7. The van der Waals surface area contributed by atoms with Crippen molar-refractivity contribution in [1.29, 1.82) is 0 Å². The molecule has 2 aromatic heterocycles. The highest BCUT2D eigenvalue weighted by molar-refractivity contribution is 5.74. The summed E-state index contributed by atoms with van der Waals surface area (Å²) in [5.74, 6) is 1.79. The fraction of sp³-hybridized carbons (Fsp3) is 0.500. The Morgan fingerprint density at radius 2 is 2.00 bits per heavy atom. The number of carbonyl (C=O) groups is 1. The number of amides is 1. The van der Waals surface area contributed by atoms with Crippen LogP contribution in [0.4, 0.5) is 4.39 Å². The molecule has 0 radical (unpaired) electrons. The Morgan fingerprint density at radius 3 is 2.75 bits per heavy atom. The number of aromatic nitrogens is 4. The zero-order chi connectivity index (χ0) is 22.4. The van der Waals surface area contributed by atoms with E-state index >= 15 is 0 Å². The van der Waals surface area contributed by atoms with Crippen molar-refractivity contribution >= 4 is 11.6 Å². The molecule has 0 spiro atoms. The molecule has 3 aromatic rings. The first-order valence-corrected chi connectivity index (χ1v) is 11.3. The van der Waals surface area contributed by atoms with Crippen LogP contribution in [0.5, 0.6) is 5.75 Å². The average Bonchev–Trinajstić information content (AvgIpc) is 3.42. The van der Waals surface area contributed by atoms with Crippen LogP contribution in [-0.2, 0) is 24.1 Å². The van der Waals surface area contributed by atoms with Gasteiger partial charge < -0.3 is 9.64 Å². The normalized spacial score (nSPS) is 22.8. The minimum Gasteiger partial charge on any atom is -0.493 e. The van der Waals surface area contributed by atoms with E-state index < -0.39 is 0 Å². The number of rotatable bonds is 4. The third-order valence-electron chi connectivity index (χ3n) is 6.98. The predicted octanol–water partition coefficient (Wildman–Crippen LogP) is 3.49. The molecule has 4 heterocycles. The monoisotopic (exact) mass is 437 g/mol. The Hall–Kier alpha value is -3.03. The van der Waals surface area contributed by atoms with Crippen LogP contribution < -0.4 is 4.74 Å². The molecule has 2 atom stereocenters. The quantitative estimate of drug-likeness (QED) is 0.625. The molecule has 1 saturated heterocycles. The molecule has 2 aliphatic rings. The maximum atomic E-state index is 14.5. The minimum atomic E-state index is -0.189. The number of ether oxygens (including phenoxy) is 1. The minimum absolute atomic E-state index is 0.120. The summed E-state index contributed by atoms with van der Waals surface area (Å²) < 4.78 is 22.1. The number of nitrogens with zero attached hydrogens (tertiary/aromatic N) is 5. The molecule has 8 heteroatoms. The molecule has 0 bridgehead atoms. The predicted molar refractivity (Wildman–Crippen MR) is 117 cm³/mol. The number of piperidine rings is 1. The molecule has 7 nitrogen and oxygen atoms in total. The molecule has 1 aromatic carbocycles. The van der Waals surface area contributed by atoms with Gasteiger partial charge in [-0.2, -0.15) is 0 Å². The molecule has 1 fully saturated rings. The van der Waals surface area contributed by atoms with Crippen LogP contribution in [0.25, 0.3) is 5.65 Å². The topological polar surface area (TPSA) is 72.6 Å².